The van der Waals surface area contributed by atoms with Crippen LogP contribution in [0.15, 0.2) is 30.3 Å². The minimum absolute atomic E-state index is 0.0698. The fourth-order valence-corrected chi connectivity index (χ4v) is 4.76. The number of morpholine rings is 1. The fraction of sp³-hybridized carbons (Fsp3) is 0.458. The van der Waals surface area contributed by atoms with Gasteiger partial charge in [0, 0.05) is 48.9 Å². The van der Waals surface area contributed by atoms with Crippen LogP contribution in [0.2, 0.25) is 0 Å². The lowest BCUT2D eigenvalue weighted by Gasteiger charge is -2.35. The van der Waals surface area contributed by atoms with E-state index in [-0.39, 0.29) is 18.6 Å². The molecule has 0 aliphatic carbocycles. The van der Waals surface area contributed by atoms with Crippen molar-refractivity contribution >= 4 is 11.5 Å². The van der Waals surface area contributed by atoms with Crippen LogP contribution in [0.3, 0.4) is 0 Å². The molecule has 1 saturated heterocycles. The Morgan fingerprint density at radius 3 is 2.65 bits per heavy atom. The average molecular weight is 424 g/mol. The molecule has 0 amide bonds. The molecule has 0 aromatic heterocycles. The van der Waals surface area contributed by atoms with E-state index in [1.807, 2.05) is 30.3 Å². The smallest absolute Gasteiger partial charge is 0.231 e. The summed E-state index contributed by atoms with van der Waals surface area (Å²) in [7, 11) is 3.71. The summed E-state index contributed by atoms with van der Waals surface area (Å²) in [5.41, 5.74) is 4.07. The number of carbonyl (C=O) groups is 1. The van der Waals surface area contributed by atoms with Crippen LogP contribution < -0.4 is 19.1 Å². The third-order valence-corrected chi connectivity index (χ3v) is 6.49. The van der Waals surface area contributed by atoms with Gasteiger partial charge in [-0.15, -0.1) is 0 Å². The highest BCUT2D eigenvalue weighted by Gasteiger charge is 2.35. The van der Waals surface area contributed by atoms with E-state index in [9.17, 15) is 4.79 Å². The summed E-state index contributed by atoms with van der Waals surface area (Å²) < 4.78 is 22.4. The quantitative estimate of drug-likeness (QED) is 0.684. The van der Waals surface area contributed by atoms with E-state index in [1.165, 1.54) is 5.56 Å². The number of likely N-dealkylation sites (N-methyl/N-ethyl adjacent to an activating group) is 1. The summed E-state index contributed by atoms with van der Waals surface area (Å²) in [6.45, 7) is 4.33. The van der Waals surface area contributed by atoms with Crippen molar-refractivity contribution in [3.8, 4) is 17.2 Å². The Hall–Kier alpha value is -2.77. The summed E-state index contributed by atoms with van der Waals surface area (Å²) in [5.74, 6) is 2.18. The number of nitrogens with zero attached hydrogens (tertiary/aromatic N) is 2. The number of methoxy groups -OCH3 is 1. The summed E-state index contributed by atoms with van der Waals surface area (Å²) in [6, 6.07) is 9.92. The molecule has 3 aliphatic rings. The maximum absolute atomic E-state index is 13.2. The fourth-order valence-electron chi connectivity index (χ4n) is 4.76. The van der Waals surface area contributed by atoms with Crippen molar-refractivity contribution in [3.05, 3.63) is 47.0 Å². The minimum atomic E-state index is -0.0698. The standard InChI is InChI=1S/C24H28N2O5/c1-25-8-7-17-13-21-23(31-15-30-21)24(28-2)22(17)19(25)14-20(27)16-3-5-18(6-4-16)26-9-11-29-12-10-26/h3-6,13,19H,7-12,14-15H2,1-2H3. The molecule has 1 atom stereocenters. The van der Waals surface area contributed by atoms with E-state index in [1.54, 1.807) is 7.11 Å². The van der Waals surface area contributed by atoms with Gasteiger partial charge in [0.15, 0.2) is 17.3 Å². The Bertz CT molecular complexity index is 969. The molecule has 2 aromatic rings. The maximum Gasteiger partial charge on any atom is 0.231 e. The van der Waals surface area contributed by atoms with Gasteiger partial charge in [-0.25, -0.2) is 0 Å². The first-order valence-corrected chi connectivity index (χ1v) is 10.8. The molecule has 0 bridgehead atoms. The van der Waals surface area contributed by atoms with E-state index in [0.29, 0.717) is 17.9 Å². The molecule has 0 N–H and O–H groups in total. The lowest BCUT2D eigenvalue weighted by molar-refractivity contribution is 0.0925. The molecule has 31 heavy (non-hydrogen) atoms. The number of hydrogen-bond acceptors (Lipinski definition) is 7. The van der Waals surface area contributed by atoms with Gasteiger partial charge >= 0.3 is 0 Å². The van der Waals surface area contributed by atoms with E-state index in [0.717, 1.165) is 61.8 Å². The molecule has 0 saturated carbocycles. The largest absolute Gasteiger partial charge is 0.492 e. The van der Waals surface area contributed by atoms with Gasteiger partial charge in [0.05, 0.1) is 20.3 Å². The maximum atomic E-state index is 13.2. The molecule has 1 unspecified atom stereocenters. The van der Waals surface area contributed by atoms with Crippen molar-refractivity contribution in [2.75, 3.05) is 58.7 Å². The summed E-state index contributed by atoms with van der Waals surface area (Å²) in [6.07, 6.45) is 1.27. The predicted octanol–water partition coefficient (Wildman–Crippen LogP) is 3.06. The van der Waals surface area contributed by atoms with Crippen molar-refractivity contribution in [2.24, 2.45) is 0 Å². The average Bonchev–Trinajstić information content (AvgIpc) is 3.28. The van der Waals surface area contributed by atoms with Gasteiger partial charge in [-0.1, -0.05) is 0 Å². The zero-order chi connectivity index (χ0) is 21.4. The number of fused-ring (bicyclic) bond motifs is 2. The molecule has 3 heterocycles. The van der Waals surface area contributed by atoms with Crippen LogP contribution in [0, 0.1) is 0 Å². The highest BCUT2D eigenvalue weighted by molar-refractivity contribution is 5.97. The van der Waals surface area contributed by atoms with Gasteiger partial charge in [0.1, 0.15) is 0 Å². The van der Waals surface area contributed by atoms with Gasteiger partial charge in [-0.05, 0) is 49.4 Å². The van der Waals surface area contributed by atoms with Gasteiger partial charge in [0.2, 0.25) is 12.5 Å². The Labute approximate surface area is 182 Å². The Morgan fingerprint density at radius 1 is 1.13 bits per heavy atom. The molecule has 164 valence electrons. The molecule has 5 rings (SSSR count). The van der Waals surface area contributed by atoms with Gasteiger partial charge in [-0.3, -0.25) is 9.69 Å². The third-order valence-electron chi connectivity index (χ3n) is 6.49. The Kier molecular flexibility index (Phi) is 5.46. The number of Topliss-reactive ketones (excluding diaryl/α,β-unsaturated/α-hetero) is 1. The van der Waals surface area contributed by atoms with Gasteiger partial charge < -0.3 is 23.8 Å². The van der Waals surface area contributed by atoms with Crippen LogP contribution in [-0.2, 0) is 11.2 Å². The summed E-state index contributed by atoms with van der Waals surface area (Å²) >= 11 is 0. The first kappa shape index (κ1) is 20.2. The van der Waals surface area contributed by atoms with Crippen LogP contribution in [0.4, 0.5) is 5.69 Å². The van der Waals surface area contributed by atoms with Gasteiger partial charge in [0.25, 0.3) is 0 Å². The van der Waals surface area contributed by atoms with Crippen molar-refractivity contribution in [3.63, 3.8) is 0 Å². The van der Waals surface area contributed by atoms with E-state index < -0.39 is 0 Å². The van der Waals surface area contributed by atoms with E-state index in [2.05, 4.69) is 16.8 Å². The highest BCUT2D eigenvalue weighted by atomic mass is 16.7. The molecular formula is C24H28N2O5. The van der Waals surface area contributed by atoms with Crippen molar-refractivity contribution in [1.82, 2.24) is 4.90 Å². The predicted molar refractivity (Wildman–Crippen MR) is 117 cm³/mol. The second-order valence-electron chi connectivity index (χ2n) is 8.24. The SMILES string of the molecule is COc1c2c(cc3c1C(CC(=O)c1ccc(N4CCOCC4)cc1)N(C)CC3)OCO2. The number of ketones is 1. The van der Waals surface area contributed by atoms with E-state index >= 15 is 0 Å². The van der Waals surface area contributed by atoms with Crippen LogP contribution in [0.5, 0.6) is 17.2 Å². The molecule has 3 aliphatic heterocycles. The zero-order valence-electron chi connectivity index (χ0n) is 18.1. The number of carbonyl (C=O) groups excluding carboxylic acids is 1. The number of rotatable bonds is 5. The second-order valence-corrected chi connectivity index (χ2v) is 8.24. The molecule has 2 aromatic carbocycles. The number of ether oxygens (including phenoxy) is 4. The molecule has 0 radical (unpaired) electrons. The van der Waals surface area contributed by atoms with Crippen LogP contribution in [-0.4, -0.2) is 64.5 Å². The minimum Gasteiger partial charge on any atom is -0.492 e. The van der Waals surface area contributed by atoms with Crippen molar-refractivity contribution in [1.29, 1.82) is 0 Å². The molecule has 7 heteroatoms. The first-order valence-electron chi connectivity index (χ1n) is 10.8. The van der Waals surface area contributed by atoms with Crippen LogP contribution >= 0.6 is 0 Å². The number of hydrogen-bond donors (Lipinski definition) is 0. The Balaban J connectivity index is 1.39. The van der Waals surface area contributed by atoms with Gasteiger partial charge in [-0.2, -0.15) is 0 Å². The molecular weight excluding hydrogens is 396 g/mol. The Morgan fingerprint density at radius 2 is 1.90 bits per heavy atom. The molecule has 7 nitrogen and oxygen atoms in total. The lowest BCUT2D eigenvalue weighted by atomic mass is 9.87. The normalized spacial score (nSPS) is 20.5. The molecule has 1 fully saturated rings. The monoisotopic (exact) mass is 424 g/mol. The highest BCUT2D eigenvalue weighted by Crippen LogP contribution is 2.50. The molecule has 0 spiro atoms. The topological polar surface area (TPSA) is 60.5 Å². The zero-order valence-corrected chi connectivity index (χ0v) is 18.1. The van der Waals surface area contributed by atoms with Crippen LogP contribution in [0.1, 0.15) is 33.9 Å². The first-order chi connectivity index (χ1) is 15.2. The van der Waals surface area contributed by atoms with Crippen LogP contribution in [0.25, 0.3) is 0 Å². The number of benzene rings is 2. The van der Waals surface area contributed by atoms with Crippen molar-refractivity contribution < 1.29 is 23.7 Å². The summed E-state index contributed by atoms with van der Waals surface area (Å²) in [4.78, 5) is 17.7. The third kappa shape index (κ3) is 3.72. The number of anilines is 1. The van der Waals surface area contributed by atoms with Crippen molar-refractivity contribution in [2.45, 2.75) is 18.9 Å². The lowest BCUT2D eigenvalue weighted by Crippen LogP contribution is -2.36. The summed E-state index contributed by atoms with van der Waals surface area (Å²) in [5, 5.41) is 0. The second kappa shape index (κ2) is 8.40. The van der Waals surface area contributed by atoms with E-state index in [4.69, 9.17) is 18.9 Å².